The number of nitrogens with one attached hydrogen (secondary N) is 1. The summed E-state index contributed by atoms with van der Waals surface area (Å²) in [7, 11) is 0. The van der Waals surface area contributed by atoms with Crippen LogP contribution in [0.5, 0.6) is 0 Å². The first-order valence-corrected chi connectivity index (χ1v) is 6.47. The fourth-order valence-corrected chi connectivity index (χ4v) is 1.89. The summed E-state index contributed by atoms with van der Waals surface area (Å²) >= 11 is 1.26. The summed E-state index contributed by atoms with van der Waals surface area (Å²) in [5, 5.41) is 6.49. The van der Waals surface area contributed by atoms with Gasteiger partial charge in [0.05, 0.1) is 5.41 Å². The molecule has 0 unspecified atom stereocenters. The third-order valence-corrected chi connectivity index (χ3v) is 3.62. The molecular weight excluding hydrogens is 248 g/mol. The van der Waals surface area contributed by atoms with E-state index in [0.717, 1.165) is 5.69 Å². The highest BCUT2D eigenvalue weighted by Crippen LogP contribution is 2.23. The second-order valence-corrected chi connectivity index (χ2v) is 5.46. The Morgan fingerprint density at radius 3 is 2.56 bits per heavy atom. The molecule has 0 aliphatic heterocycles. The molecule has 1 aromatic rings. The number of hydrogen-bond donors (Lipinski definition) is 3. The van der Waals surface area contributed by atoms with Gasteiger partial charge in [-0.25, -0.2) is 0 Å². The lowest BCUT2D eigenvalue weighted by Crippen LogP contribution is -2.33. The number of thioether (sulfide) groups is 1. The molecule has 0 fully saturated rings. The second-order valence-electron chi connectivity index (χ2n) is 4.46. The van der Waals surface area contributed by atoms with Crippen molar-refractivity contribution in [2.45, 2.75) is 13.8 Å². The lowest BCUT2D eigenvalue weighted by atomic mass is 9.95. The minimum atomic E-state index is -0.560. The zero-order chi connectivity index (χ0) is 13.6. The minimum Gasteiger partial charge on any atom is -0.377 e. The fourth-order valence-electron chi connectivity index (χ4n) is 1.18. The first kappa shape index (κ1) is 14.4. The molecule has 0 heterocycles. The number of anilines is 1. The van der Waals surface area contributed by atoms with Gasteiger partial charge in [0.1, 0.15) is 0 Å². The number of nitrogens with two attached hydrogens (primary N) is 2. The monoisotopic (exact) mass is 266 g/mol. The number of benzene rings is 1. The van der Waals surface area contributed by atoms with Gasteiger partial charge in [0.15, 0.2) is 5.17 Å². The summed E-state index contributed by atoms with van der Waals surface area (Å²) in [5.74, 6) is 5.49. The molecule has 1 aromatic carbocycles. The first-order valence-electron chi connectivity index (χ1n) is 5.48. The zero-order valence-corrected chi connectivity index (χ0v) is 11.3. The van der Waals surface area contributed by atoms with Crippen LogP contribution in [0, 0.1) is 5.41 Å². The van der Waals surface area contributed by atoms with Gasteiger partial charge in [0.25, 0.3) is 0 Å². The first-order chi connectivity index (χ1) is 8.45. The molecule has 0 aliphatic rings. The van der Waals surface area contributed by atoms with Crippen LogP contribution in [0.25, 0.3) is 0 Å². The van der Waals surface area contributed by atoms with Crippen LogP contribution in [-0.4, -0.2) is 16.8 Å². The summed E-state index contributed by atoms with van der Waals surface area (Å²) in [5.41, 5.74) is 5.71. The molecule has 5 nitrogen and oxygen atoms in total. The third kappa shape index (κ3) is 4.29. The van der Waals surface area contributed by atoms with Gasteiger partial charge in [0, 0.05) is 11.4 Å². The molecular formula is C12H18N4OS. The number of amidine groups is 1. The number of amides is 1. The molecule has 0 atom stereocenters. The largest absolute Gasteiger partial charge is 0.377 e. The van der Waals surface area contributed by atoms with Crippen molar-refractivity contribution in [3.05, 3.63) is 30.3 Å². The topological polar surface area (TPSA) is 93.5 Å². The van der Waals surface area contributed by atoms with Crippen molar-refractivity contribution in [3.63, 3.8) is 0 Å². The molecule has 1 amide bonds. The third-order valence-electron chi connectivity index (χ3n) is 2.35. The predicted molar refractivity (Wildman–Crippen MR) is 77.1 cm³/mol. The Morgan fingerprint density at radius 1 is 1.39 bits per heavy atom. The van der Waals surface area contributed by atoms with E-state index >= 15 is 0 Å². The number of nitrogens with zero attached hydrogens (tertiary/aromatic N) is 1. The van der Waals surface area contributed by atoms with Crippen LogP contribution < -0.4 is 16.9 Å². The summed E-state index contributed by atoms with van der Waals surface area (Å²) < 4.78 is 0. The maximum atomic E-state index is 12.1. The maximum Gasteiger partial charge on any atom is 0.230 e. The van der Waals surface area contributed by atoms with Crippen LogP contribution in [0.2, 0.25) is 0 Å². The molecule has 0 aliphatic carbocycles. The van der Waals surface area contributed by atoms with E-state index in [2.05, 4.69) is 10.4 Å². The molecule has 1 rings (SSSR count). The molecule has 0 saturated heterocycles. The molecule has 0 saturated carbocycles. The van der Waals surface area contributed by atoms with Gasteiger partial charge in [-0.2, -0.15) is 5.10 Å². The Morgan fingerprint density at radius 2 is 2.00 bits per heavy atom. The lowest BCUT2D eigenvalue weighted by Gasteiger charge is -2.22. The van der Waals surface area contributed by atoms with Crippen molar-refractivity contribution in [3.8, 4) is 0 Å². The van der Waals surface area contributed by atoms with Crippen LogP contribution in [0.1, 0.15) is 13.8 Å². The Hall–Kier alpha value is -1.69. The highest BCUT2D eigenvalue weighted by atomic mass is 32.2. The van der Waals surface area contributed by atoms with Gasteiger partial charge in [-0.15, -0.1) is 0 Å². The van der Waals surface area contributed by atoms with E-state index in [1.54, 1.807) is 0 Å². The van der Waals surface area contributed by atoms with E-state index < -0.39 is 5.41 Å². The summed E-state index contributed by atoms with van der Waals surface area (Å²) in [6.45, 7) is 3.70. The van der Waals surface area contributed by atoms with Crippen molar-refractivity contribution in [1.29, 1.82) is 0 Å². The Balaban J connectivity index is 2.59. The normalized spacial score (nSPS) is 12.2. The standard InChI is InChI=1S/C12H18N4OS/c1-12(2,8-18-11(13)16-14)10(17)15-9-6-4-3-5-7-9/h3-7H,8,14H2,1-2H3,(H2,13,16)(H,15,17). The number of rotatable bonds is 4. The van der Waals surface area contributed by atoms with Crippen molar-refractivity contribution >= 4 is 28.5 Å². The predicted octanol–water partition coefficient (Wildman–Crippen LogP) is 1.57. The molecule has 98 valence electrons. The lowest BCUT2D eigenvalue weighted by molar-refractivity contribution is -0.122. The summed E-state index contributed by atoms with van der Waals surface area (Å²) in [6.07, 6.45) is 0. The average Bonchev–Trinajstić information content (AvgIpc) is 2.37. The van der Waals surface area contributed by atoms with Gasteiger partial charge >= 0.3 is 0 Å². The van der Waals surface area contributed by atoms with E-state index in [0.29, 0.717) is 5.75 Å². The van der Waals surface area contributed by atoms with Gasteiger partial charge in [0.2, 0.25) is 5.91 Å². The van der Waals surface area contributed by atoms with Crippen LogP contribution in [0.3, 0.4) is 0 Å². The van der Waals surface area contributed by atoms with Crippen molar-refractivity contribution in [2.75, 3.05) is 11.1 Å². The minimum absolute atomic E-state index is 0.0639. The Labute approximate surface area is 111 Å². The highest BCUT2D eigenvalue weighted by Gasteiger charge is 2.28. The molecule has 6 heteroatoms. The average molecular weight is 266 g/mol. The van der Waals surface area contributed by atoms with E-state index in [1.807, 2.05) is 44.2 Å². The molecule has 0 aromatic heterocycles. The van der Waals surface area contributed by atoms with Gasteiger partial charge in [-0.3, -0.25) is 4.79 Å². The number of hydrazone groups is 1. The van der Waals surface area contributed by atoms with Crippen LogP contribution in [0.15, 0.2) is 35.4 Å². The maximum absolute atomic E-state index is 12.1. The van der Waals surface area contributed by atoms with Crippen LogP contribution in [0.4, 0.5) is 5.69 Å². The van der Waals surface area contributed by atoms with Crippen molar-refractivity contribution in [2.24, 2.45) is 22.1 Å². The van der Waals surface area contributed by atoms with Gasteiger partial charge < -0.3 is 16.9 Å². The smallest absolute Gasteiger partial charge is 0.230 e. The Kier molecular flexibility index (Phi) is 5.03. The molecule has 0 radical (unpaired) electrons. The van der Waals surface area contributed by atoms with Crippen LogP contribution >= 0.6 is 11.8 Å². The summed E-state index contributed by atoms with van der Waals surface area (Å²) in [4.78, 5) is 12.1. The SMILES string of the molecule is CC(C)(CSC(N)=NN)C(=O)Nc1ccccc1. The number of hydrogen-bond acceptors (Lipinski definition) is 4. The number of carbonyl (C=O) groups is 1. The second kappa shape index (κ2) is 6.30. The molecule has 18 heavy (non-hydrogen) atoms. The quantitative estimate of drug-likeness (QED) is 0.334. The van der Waals surface area contributed by atoms with E-state index in [4.69, 9.17) is 11.6 Å². The van der Waals surface area contributed by atoms with Crippen LogP contribution in [-0.2, 0) is 4.79 Å². The molecule has 5 N–H and O–H groups in total. The van der Waals surface area contributed by atoms with Gasteiger partial charge in [-0.05, 0) is 12.1 Å². The zero-order valence-electron chi connectivity index (χ0n) is 10.5. The summed E-state index contributed by atoms with van der Waals surface area (Å²) in [6, 6.07) is 9.33. The van der Waals surface area contributed by atoms with Gasteiger partial charge in [-0.1, -0.05) is 43.8 Å². The Bertz CT molecular complexity index is 431. The molecule has 0 bridgehead atoms. The highest BCUT2D eigenvalue weighted by molar-refractivity contribution is 8.13. The molecule has 0 spiro atoms. The van der Waals surface area contributed by atoms with E-state index in [-0.39, 0.29) is 11.1 Å². The van der Waals surface area contributed by atoms with Crippen molar-refractivity contribution < 1.29 is 4.79 Å². The van der Waals surface area contributed by atoms with E-state index in [1.165, 1.54) is 11.8 Å². The fraction of sp³-hybridized carbons (Fsp3) is 0.333. The van der Waals surface area contributed by atoms with E-state index in [9.17, 15) is 4.79 Å². The number of carbonyl (C=O) groups excluding carboxylic acids is 1. The number of para-hydroxylation sites is 1. The van der Waals surface area contributed by atoms with Crippen molar-refractivity contribution in [1.82, 2.24) is 0 Å².